The largest absolute Gasteiger partial charge is 0.468 e. The molecule has 1 atom stereocenters. The maximum absolute atomic E-state index is 9.54. The number of aliphatic hydroxyl groups is 1. The Balaban J connectivity index is 1.82. The Morgan fingerprint density at radius 2 is 2.44 bits per heavy atom. The van der Waals surface area contributed by atoms with Gasteiger partial charge in [-0.2, -0.15) is 0 Å². The highest BCUT2D eigenvalue weighted by Crippen LogP contribution is 2.23. The van der Waals surface area contributed by atoms with E-state index in [1.807, 2.05) is 30.1 Å². The highest BCUT2D eigenvalue weighted by Gasteiger charge is 2.28. The summed E-state index contributed by atoms with van der Waals surface area (Å²) in [6, 6.07) is 3.99. The molecule has 1 aliphatic rings. The van der Waals surface area contributed by atoms with Gasteiger partial charge in [0, 0.05) is 31.7 Å². The van der Waals surface area contributed by atoms with Crippen LogP contribution in [0, 0.1) is 0 Å². The van der Waals surface area contributed by atoms with Gasteiger partial charge < -0.3 is 14.1 Å². The van der Waals surface area contributed by atoms with E-state index in [1.165, 1.54) is 5.69 Å². The molecule has 0 amide bonds. The van der Waals surface area contributed by atoms with E-state index in [4.69, 9.17) is 4.42 Å². The molecular formula is C13H17N3O2. The average Bonchev–Trinajstić information content (AvgIpc) is 2.99. The van der Waals surface area contributed by atoms with Gasteiger partial charge in [0.05, 0.1) is 31.4 Å². The molecule has 3 rings (SSSR count). The van der Waals surface area contributed by atoms with Crippen LogP contribution in [-0.4, -0.2) is 32.2 Å². The molecule has 5 heteroatoms. The van der Waals surface area contributed by atoms with Gasteiger partial charge in [0.2, 0.25) is 0 Å². The molecule has 0 saturated carbocycles. The van der Waals surface area contributed by atoms with E-state index in [2.05, 4.69) is 9.88 Å². The number of imidazole rings is 1. The molecule has 18 heavy (non-hydrogen) atoms. The van der Waals surface area contributed by atoms with Gasteiger partial charge >= 0.3 is 0 Å². The highest BCUT2D eigenvalue weighted by molar-refractivity contribution is 5.18. The molecule has 2 aromatic rings. The third-order valence-corrected chi connectivity index (χ3v) is 3.59. The molecule has 3 heterocycles. The lowest BCUT2D eigenvalue weighted by Gasteiger charge is -2.33. The van der Waals surface area contributed by atoms with Crippen molar-refractivity contribution in [2.24, 2.45) is 7.05 Å². The molecule has 1 N–H and O–H groups in total. The first-order chi connectivity index (χ1) is 8.78. The molecule has 1 unspecified atom stereocenters. The fourth-order valence-electron chi connectivity index (χ4n) is 2.54. The lowest BCUT2D eigenvalue weighted by molar-refractivity contribution is 0.0903. The summed E-state index contributed by atoms with van der Waals surface area (Å²) < 4.78 is 7.42. The van der Waals surface area contributed by atoms with Gasteiger partial charge in [-0.25, -0.2) is 4.98 Å². The van der Waals surface area contributed by atoms with E-state index in [0.717, 1.165) is 24.4 Å². The summed E-state index contributed by atoms with van der Waals surface area (Å²) in [5.74, 6) is 0.924. The number of hydrogen-bond donors (Lipinski definition) is 1. The molecular weight excluding hydrogens is 230 g/mol. The molecule has 5 nitrogen and oxygen atoms in total. The molecule has 0 spiro atoms. The van der Waals surface area contributed by atoms with Gasteiger partial charge in [-0.05, 0) is 12.1 Å². The van der Waals surface area contributed by atoms with Crippen LogP contribution in [0.25, 0.3) is 0 Å². The number of aryl methyl sites for hydroxylation is 1. The van der Waals surface area contributed by atoms with Gasteiger partial charge in [0.15, 0.2) is 0 Å². The second kappa shape index (κ2) is 4.59. The Hall–Kier alpha value is -1.59. The quantitative estimate of drug-likeness (QED) is 0.876. The van der Waals surface area contributed by atoms with Crippen LogP contribution in [0.3, 0.4) is 0 Å². The third-order valence-electron chi connectivity index (χ3n) is 3.59. The van der Waals surface area contributed by atoms with Crippen LogP contribution in [0.1, 0.15) is 17.1 Å². The van der Waals surface area contributed by atoms with Crippen molar-refractivity contribution < 1.29 is 9.52 Å². The smallest absolute Gasteiger partial charge is 0.117 e. The third kappa shape index (κ3) is 1.95. The van der Waals surface area contributed by atoms with E-state index >= 15 is 0 Å². The fourth-order valence-corrected chi connectivity index (χ4v) is 2.54. The SMILES string of the molecule is Cn1cnc2c1CC(CO)N(Cc1ccco1)C2. The molecule has 1 aliphatic heterocycles. The van der Waals surface area contributed by atoms with Crippen LogP contribution in [0.4, 0.5) is 0 Å². The van der Waals surface area contributed by atoms with E-state index in [9.17, 15) is 5.11 Å². The summed E-state index contributed by atoms with van der Waals surface area (Å²) in [5.41, 5.74) is 2.33. The van der Waals surface area contributed by atoms with Crippen LogP contribution in [-0.2, 0) is 26.6 Å². The Bertz CT molecular complexity index is 518. The van der Waals surface area contributed by atoms with E-state index in [0.29, 0.717) is 6.54 Å². The Labute approximate surface area is 106 Å². The van der Waals surface area contributed by atoms with Crippen molar-refractivity contribution in [1.82, 2.24) is 14.5 Å². The Morgan fingerprint density at radius 3 is 3.17 bits per heavy atom. The number of aromatic nitrogens is 2. The van der Waals surface area contributed by atoms with Gasteiger partial charge in [0.25, 0.3) is 0 Å². The van der Waals surface area contributed by atoms with Crippen molar-refractivity contribution in [1.29, 1.82) is 0 Å². The normalized spacial score (nSPS) is 20.0. The van der Waals surface area contributed by atoms with Crippen LogP contribution in [0.5, 0.6) is 0 Å². The number of hydrogen-bond acceptors (Lipinski definition) is 4. The zero-order valence-corrected chi connectivity index (χ0v) is 10.4. The second-order valence-electron chi connectivity index (χ2n) is 4.77. The predicted octanol–water partition coefficient (Wildman–Crippen LogP) is 0.932. The monoisotopic (exact) mass is 247 g/mol. The topological polar surface area (TPSA) is 54.4 Å². The molecule has 0 saturated heterocycles. The fraction of sp³-hybridized carbons (Fsp3) is 0.462. The molecule has 0 aromatic carbocycles. The summed E-state index contributed by atoms with van der Waals surface area (Å²) in [7, 11) is 2.00. The highest BCUT2D eigenvalue weighted by atomic mass is 16.3. The van der Waals surface area contributed by atoms with Gasteiger partial charge in [0.1, 0.15) is 5.76 Å². The van der Waals surface area contributed by atoms with Crippen LogP contribution in [0.2, 0.25) is 0 Å². The van der Waals surface area contributed by atoms with Crippen molar-refractivity contribution in [3.05, 3.63) is 41.9 Å². The van der Waals surface area contributed by atoms with Crippen LogP contribution in [0.15, 0.2) is 29.1 Å². The second-order valence-corrected chi connectivity index (χ2v) is 4.77. The van der Waals surface area contributed by atoms with Gasteiger partial charge in [-0.15, -0.1) is 0 Å². The van der Waals surface area contributed by atoms with E-state index in [-0.39, 0.29) is 12.6 Å². The summed E-state index contributed by atoms with van der Waals surface area (Å²) >= 11 is 0. The lowest BCUT2D eigenvalue weighted by atomic mass is 10.0. The van der Waals surface area contributed by atoms with Crippen molar-refractivity contribution >= 4 is 0 Å². The predicted molar refractivity (Wildman–Crippen MR) is 65.7 cm³/mol. The summed E-state index contributed by atoms with van der Waals surface area (Å²) in [6.45, 7) is 1.64. The molecule has 0 fully saturated rings. The van der Waals surface area contributed by atoms with Crippen molar-refractivity contribution in [2.75, 3.05) is 6.61 Å². The first-order valence-corrected chi connectivity index (χ1v) is 6.14. The van der Waals surface area contributed by atoms with E-state index < -0.39 is 0 Å². The van der Waals surface area contributed by atoms with Crippen LogP contribution >= 0.6 is 0 Å². The van der Waals surface area contributed by atoms with Crippen LogP contribution < -0.4 is 0 Å². The zero-order chi connectivity index (χ0) is 12.5. The molecule has 96 valence electrons. The molecule has 2 aromatic heterocycles. The summed E-state index contributed by atoms with van der Waals surface area (Å²) in [6.07, 6.45) is 4.36. The number of aliphatic hydroxyl groups excluding tert-OH is 1. The maximum Gasteiger partial charge on any atom is 0.117 e. The van der Waals surface area contributed by atoms with Crippen molar-refractivity contribution in [3.63, 3.8) is 0 Å². The number of fused-ring (bicyclic) bond motifs is 1. The minimum Gasteiger partial charge on any atom is -0.468 e. The Morgan fingerprint density at radius 1 is 1.56 bits per heavy atom. The van der Waals surface area contributed by atoms with Crippen molar-refractivity contribution in [2.45, 2.75) is 25.6 Å². The Kier molecular flexibility index (Phi) is 2.93. The summed E-state index contributed by atoms with van der Waals surface area (Å²) in [4.78, 5) is 6.63. The number of rotatable bonds is 3. The van der Waals surface area contributed by atoms with E-state index in [1.54, 1.807) is 6.26 Å². The zero-order valence-electron chi connectivity index (χ0n) is 10.4. The molecule has 0 radical (unpaired) electrons. The van der Waals surface area contributed by atoms with Gasteiger partial charge in [-0.3, -0.25) is 4.90 Å². The average molecular weight is 247 g/mol. The number of nitrogens with zero attached hydrogens (tertiary/aromatic N) is 3. The first-order valence-electron chi connectivity index (χ1n) is 6.14. The minimum atomic E-state index is 0.137. The summed E-state index contributed by atoms with van der Waals surface area (Å²) in [5, 5.41) is 9.54. The molecule has 0 aliphatic carbocycles. The number of furan rings is 1. The lowest BCUT2D eigenvalue weighted by Crippen LogP contribution is -2.42. The van der Waals surface area contributed by atoms with Crippen molar-refractivity contribution in [3.8, 4) is 0 Å². The minimum absolute atomic E-state index is 0.137. The first kappa shape index (κ1) is 11.5. The standard InChI is InChI=1S/C13H17N3O2/c1-15-9-14-12-7-16(6-11-3-2-4-18-11)10(8-17)5-13(12)15/h2-4,9-10,17H,5-8H2,1H3. The molecule has 0 bridgehead atoms. The van der Waals surface area contributed by atoms with Gasteiger partial charge in [-0.1, -0.05) is 0 Å². The maximum atomic E-state index is 9.54.